The van der Waals surface area contributed by atoms with Crippen LogP contribution < -0.4 is 31.7 Å². The Hall–Kier alpha value is -3.76. The summed E-state index contributed by atoms with van der Waals surface area (Å²) >= 11 is 0. The molecule has 2 aromatic carbocycles. The van der Waals surface area contributed by atoms with E-state index in [-0.39, 0.29) is 41.2 Å². The van der Waals surface area contributed by atoms with Gasteiger partial charge in [0.15, 0.2) is 11.6 Å². The first-order valence-corrected chi connectivity index (χ1v) is 9.76. The third kappa shape index (κ3) is 5.68. The molecule has 1 aromatic heterocycles. The Labute approximate surface area is 182 Å². The molecule has 1 heterocycles. The van der Waals surface area contributed by atoms with Crippen molar-refractivity contribution in [3.63, 3.8) is 0 Å². The van der Waals surface area contributed by atoms with Gasteiger partial charge in [-0.3, -0.25) is 20.1 Å². The summed E-state index contributed by atoms with van der Waals surface area (Å²) in [5.74, 6) is -1.65. The lowest BCUT2D eigenvalue weighted by Crippen LogP contribution is -2.82. The summed E-state index contributed by atoms with van der Waals surface area (Å²) in [4.78, 5) is 36.3. The third-order valence-corrected chi connectivity index (χ3v) is 4.36. The van der Waals surface area contributed by atoms with Gasteiger partial charge in [-0.1, -0.05) is 12.1 Å². The van der Waals surface area contributed by atoms with E-state index < -0.39 is 28.8 Å². The van der Waals surface area contributed by atoms with Crippen LogP contribution in [0.15, 0.2) is 57.9 Å². The predicted octanol–water partition coefficient (Wildman–Crippen LogP) is 1.44. The van der Waals surface area contributed by atoms with Crippen molar-refractivity contribution < 1.29 is 33.6 Å². The quantitative estimate of drug-likeness (QED) is 0.206. The Morgan fingerprint density at radius 3 is 2.69 bits per heavy atom. The molecular formula is C22H23FN3O6+. The molecule has 1 atom stereocenters. The van der Waals surface area contributed by atoms with Crippen LogP contribution in [0.2, 0.25) is 0 Å². The molecule has 10 heteroatoms. The molecule has 0 unspecified atom stereocenters. The van der Waals surface area contributed by atoms with E-state index in [0.29, 0.717) is 6.42 Å². The van der Waals surface area contributed by atoms with Gasteiger partial charge >= 0.3 is 5.97 Å². The molecule has 0 radical (unpaired) electrons. The van der Waals surface area contributed by atoms with Gasteiger partial charge in [0.25, 0.3) is 5.91 Å². The predicted molar refractivity (Wildman–Crippen MR) is 112 cm³/mol. The molecule has 0 saturated carbocycles. The normalized spacial score (nSPS) is 12.8. The largest absolute Gasteiger partial charge is 0.460 e. The second-order valence-corrected chi connectivity index (χ2v) is 7.37. The first-order valence-electron chi connectivity index (χ1n) is 9.76. The summed E-state index contributed by atoms with van der Waals surface area (Å²) in [7, 11) is 0. The topological polar surface area (TPSA) is 148 Å². The van der Waals surface area contributed by atoms with E-state index in [1.165, 1.54) is 43.3 Å². The minimum Gasteiger partial charge on any atom is -0.460 e. The fourth-order valence-electron chi connectivity index (χ4n) is 2.69. The van der Waals surface area contributed by atoms with Crippen LogP contribution in [0.3, 0.4) is 0 Å². The van der Waals surface area contributed by atoms with Crippen LogP contribution in [-0.2, 0) is 9.59 Å². The number of esters is 1. The molecule has 0 aliphatic carbocycles. The number of benzene rings is 2. The zero-order chi connectivity index (χ0) is 23.3. The van der Waals surface area contributed by atoms with Gasteiger partial charge in [0.2, 0.25) is 16.8 Å². The Bertz CT molecular complexity index is 1200. The molecule has 0 spiro atoms. The van der Waals surface area contributed by atoms with Gasteiger partial charge in [-0.05, 0) is 30.7 Å². The molecular weight excluding hydrogens is 421 g/mol. The van der Waals surface area contributed by atoms with E-state index in [2.05, 4.69) is 11.1 Å². The summed E-state index contributed by atoms with van der Waals surface area (Å²) in [5, 5.41) is 2.76. The van der Waals surface area contributed by atoms with Crippen LogP contribution in [0, 0.1) is 5.82 Å². The molecule has 0 bridgehead atoms. The number of carbonyl (C=O) groups excluding carboxylic acids is 2. The third-order valence-electron chi connectivity index (χ3n) is 4.36. The summed E-state index contributed by atoms with van der Waals surface area (Å²) in [5.41, 5.74) is 7.52. The summed E-state index contributed by atoms with van der Waals surface area (Å²) in [6.45, 7) is 1.72. The lowest BCUT2D eigenvalue weighted by atomic mass is 10.2. The SMILES string of the molecule is C[C@@](N)([NH3+])C(=O)NCCCC(=O)Oc1ccc2c(=O)c(Oc3ccccc3F)coc2c1. The van der Waals surface area contributed by atoms with Crippen LogP contribution in [0.1, 0.15) is 19.8 Å². The second-order valence-electron chi connectivity index (χ2n) is 7.37. The minimum absolute atomic E-state index is 0.0517. The molecule has 3 rings (SSSR count). The van der Waals surface area contributed by atoms with Gasteiger partial charge in [0, 0.05) is 26.0 Å². The first-order chi connectivity index (χ1) is 15.1. The van der Waals surface area contributed by atoms with Crippen molar-refractivity contribution in [2.75, 3.05) is 6.54 Å². The molecule has 6 N–H and O–H groups in total. The van der Waals surface area contributed by atoms with Crippen LogP contribution >= 0.6 is 0 Å². The number of nitrogens with two attached hydrogens (primary N) is 1. The Morgan fingerprint density at radius 1 is 1.22 bits per heavy atom. The number of fused-ring (bicyclic) bond motifs is 1. The Morgan fingerprint density at radius 2 is 1.97 bits per heavy atom. The number of nitrogens with one attached hydrogen (secondary N) is 1. The molecule has 1 amide bonds. The van der Waals surface area contributed by atoms with Crippen LogP contribution in [0.4, 0.5) is 4.39 Å². The number of quaternary nitrogens is 1. The average Bonchev–Trinajstić information content (AvgIpc) is 2.74. The highest BCUT2D eigenvalue weighted by molar-refractivity contribution is 5.83. The van der Waals surface area contributed by atoms with Crippen LogP contribution in [-0.4, -0.2) is 24.1 Å². The van der Waals surface area contributed by atoms with Gasteiger partial charge in [-0.2, -0.15) is 0 Å². The summed E-state index contributed by atoms with van der Waals surface area (Å²) in [6, 6.07) is 9.94. The van der Waals surface area contributed by atoms with Gasteiger partial charge in [-0.25, -0.2) is 4.39 Å². The van der Waals surface area contributed by atoms with Gasteiger partial charge in [0.05, 0.1) is 5.39 Å². The summed E-state index contributed by atoms with van der Waals surface area (Å²) < 4.78 is 29.7. The lowest BCUT2D eigenvalue weighted by Gasteiger charge is -2.14. The average molecular weight is 444 g/mol. The zero-order valence-electron chi connectivity index (χ0n) is 17.4. The van der Waals surface area contributed by atoms with Crippen molar-refractivity contribution in [3.8, 4) is 17.2 Å². The highest BCUT2D eigenvalue weighted by atomic mass is 19.1. The summed E-state index contributed by atoms with van der Waals surface area (Å²) in [6.07, 6.45) is 1.47. The number of hydrogen-bond donors (Lipinski definition) is 3. The highest BCUT2D eigenvalue weighted by Gasteiger charge is 2.26. The van der Waals surface area contributed by atoms with E-state index in [0.717, 1.165) is 6.26 Å². The standard InChI is InChI=1S/C22H22FN3O6/c1-22(24,25)21(29)26-10-4-7-19(27)31-13-8-9-14-17(11-13)30-12-18(20(14)28)32-16-6-3-2-5-15(16)23/h2-3,5-6,8-9,11-12H,4,7,10,24-25H2,1H3,(H,26,29)/p+1. The van der Waals surface area contributed by atoms with Crippen molar-refractivity contribution in [3.05, 3.63) is 64.8 Å². The van der Waals surface area contributed by atoms with E-state index in [9.17, 15) is 18.8 Å². The molecule has 32 heavy (non-hydrogen) atoms. The van der Waals surface area contributed by atoms with Gasteiger partial charge in [-0.15, -0.1) is 0 Å². The fourth-order valence-corrected chi connectivity index (χ4v) is 2.69. The Balaban J connectivity index is 1.62. The smallest absolute Gasteiger partial charge is 0.311 e. The molecule has 0 aliphatic heterocycles. The van der Waals surface area contributed by atoms with Gasteiger partial charge in [0.1, 0.15) is 17.6 Å². The zero-order valence-corrected chi connectivity index (χ0v) is 17.4. The number of carbonyl (C=O) groups is 2. The van der Waals surface area contributed by atoms with E-state index in [1.807, 2.05) is 0 Å². The Kier molecular flexibility index (Phi) is 6.86. The van der Waals surface area contributed by atoms with Crippen molar-refractivity contribution >= 4 is 22.8 Å². The minimum atomic E-state index is -1.24. The molecule has 3 aromatic rings. The van der Waals surface area contributed by atoms with Gasteiger partial charge < -0.3 is 24.9 Å². The van der Waals surface area contributed by atoms with E-state index in [4.69, 9.17) is 19.6 Å². The van der Waals surface area contributed by atoms with Crippen LogP contribution in [0.5, 0.6) is 17.2 Å². The maximum absolute atomic E-state index is 13.8. The van der Waals surface area contributed by atoms with E-state index in [1.54, 1.807) is 6.07 Å². The first kappa shape index (κ1) is 22.9. The fraction of sp³-hybridized carbons (Fsp3) is 0.227. The maximum atomic E-state index is 13.8. The molecule has 0 aliphatic rings. The number of amides is 1. The molecule has 0 fully saturated rings. The van der Waals surface area contributed by atoms with E-state index >= 15 is 0 Å². The maximum Gasteiger partial charge on any atom is 0.311 e. The van der Waals surface area contributed by atoms with Crippen molar-refractivity contribution in [1.82, 2.24) is 5.32 Å². The van der Waals surface area contributed by atoms with Crippen molar-refractivity contribution in [2.45, 2.75) is 25.4 Å². The van der Waals surface area contributed by atoms with Crippen molar-refractivity contribution in [1.29, 1.82) is 0 Å². The number of rotatable bonds is 8. The monoisotopic (exact) mass is 444 g/mol. The molecule has 168 valence electrons. The van der Waals surface area contributed by atoms with Crippen LogP contribution in [0.25, 0.3) is 11.0 Å². The lowest BCUT2D eigenvalue weighted by molar-refractivity contribution is -0.450. The number of para-hydroxylation sites is 1. The molecule has 9 nitrogen and oxygen atoms in total. The number of ether oxygens (including phenoxy) is 2. The highest BCUT2D eigenvalue weighted by Crippen LogP contribution is 2.25. The second kappa shape index (κ2) is 9.58. The number of halogens is 1. The molecule has 0 saturated heterocycles. The van der Waals surface area contributed by atoms with Crippen molar-refractivity contribution in [2.24, 2.45) is 5.73 Å². The number of hydrogen-bond acceptors (Lipinski definition) is 7.